The maximum Gasteiger partial charge on any atom is 0.259 e. The third-order valence-electron chi connectivity index (χ3n) is 5.93. The zero-order valence-electron chi connectivity index (χ0n) is 18.3. The van der Waals surface area contributed by atoms with Crippen molar-refractivity contribution >= 4 is 23.4 Å². The van der Waals surface area contributed by atoms with Gasteiger partial charge in [0.2, 0.25) is 0 Å². The SMILES string of the molecule is C/C(NCCN/C(C)=C1\C(=O)N(C)C(C)(C)C1=O)=C1/C(=O)N(C)C(C)(C)C1=O.[Pt]. The summed E-state index contributed by atoms with van der Waals surface area (Å²) in [6.45, 7) is 11.1. The zero-order chi connectivity index (χ0) is 21.6. The Morgan fingerprint density at radius 2 is 1.00 bits per heavy atom. The second-order valence-electron chi connectivity index (χ2n) is 8.36. The number of carbonyl (C=O) groups excluding carboxylic acids is 4. The van der Waals surface area contributed by atoms with Crippen molar-refractivity contribution < 1.29 is 40.2 Å². The summed E-state index contributed by atoms with van der Waals surface area (Å²) < 4.78 is 0. The van der Waals surface area contributed by atoms with Gasteiger partial charge in [-0.05, 0) is 41.5 Å². The Labute approximate surface area is 186 Å². The van der Waals surface area contributed by atoms with Gasteiger partial charge in [-0.2, -0.15) is 0 Å². The van der Waals surface area contributed by atoms with Crippen LogP contribution in [0.25, 0.3) is 0 Å². The molecule has 2 N–H and O–H groups in total. The predicted molar refractivity (Wildman–Crippen MR) is 105 cm³/mol. The van der Waals surface area contributed by atoms with Crippen LogP contribution >= 0.6 is 0 Å². The summed E-state index contributed by atoms with van der Waals surface area (Å²) in [6.07, 6.45) is 0. The van der Waals surface area contributed by atoms with Gasteiger partial charge < -0.3 is 20.4 Å². The minimum atomic E-state index is -0.851. The van der Waals surface area contributed by atoms with Crippen LogP contribution in [0.3, 0.4) is 0 Å². The topological polar surface area (TPSA) is 98.8 Å². The molecule has 164 valence electrons. The van der Waals surface area contributed by atoms with E-state index in [0.29, 0.717) is 24.5 Å². The average molecular weight is 586 g/mol. The van der Waals surface area contributed by atoms with Crippen molar-refractivity contribution in [1.29, 1.82) is 0 Å². The maximum absolute atomic E-state index is 12.5. The molecular formula is C20H30N4O4Pt. The molecule has 2 aliphatic rings. The fourth-order valence-corrected chi connectivity index (χ4v) is 3.29. The molecule has 0 atom stereocenters. The molecule has 0 spiro atoms. The van der Waals surface area contributed by atoms with Crippen LogP contribution in [0.15, 0.2) is 22.5 Å². The summed E-state index contributed by atoms with van der Waals surface area (Å²) in [5.41, 5.74) is -0.311. The van der Waals surface area contributed by atoms with E-state index in [4.69, 9.17) is 0 Å². The van der Waals surface area contributed by atoms with Crippen LogP contribution in [0.2, 0.25) is 0 Å². The minimum Gasteiger partial charge on any atom is -0.386 e. The molecule has 0 saturated carbocycles. The number of amides is 2. The molecule has 2 amide bonds. The van der Waals surface area contributed by atoms with Gasteiger partial charge in [-0.1, -0.05) is 0 Å². The van der Waals surface area contributed by atoms with Crippen molar-refractivity contribution in [2.24, 2.45) is 0 Å². The Morgan fingerprint density at radius 3 is 1.21 bits per heavy atom. The fourth-order valence-electron chi connectivity index (χ4n) is 3.29. The second-order valence-corrected chi connectivity index (χ2v) is 8.36. The van der Waals surface area contributed by atoms with Crippen LogP contribution in [-0.2, 0) is 40.2 Å². The van der Waals surface area contributed by atoms with Crippen LogP contribution < -0.4 is 10.6 Å². The number of hydrogen-bond donors (Lipinski definition) is 2. The van der Waals surface area contributed by atoms with Gasteiger partial charge in [-0.25, -0.2) is 0 Å². The minimum absolute atomic E-state index is 0. The van der Waals surface area contributed by atoms with E-state index < -0.39 is 11.1 Å². The molecule has 9 heteroatoms. The van der Waals surface area contributed by atoms with Crippen molar-refractivity contribution in [3.05, 3.63) is 22.5 Å². The molecule has 8 nitrogen and oxygen atoms in total. The summed E-state index contributed by atoms with van der Waals surface area (Å²) >= 11 is 0. The van der Waals surface area contributed by atoms with E-state index in [1.54, 1.807) is 55.6 Å². The molecule has 29 heavy (non-hydrogen) atoms. The van der Waals surface area contributed by atoms with Crippen LogP contribution in [0.1, 0.15) is 41.5 Å². The van der Waals surface area contributed by atoms with Gasteiger partial charge >= 0.3 is 0 Å². The van der Waals surface area contributed by atoms with E-state index in [2.05, 4.69) is 10.6 Å². The van der Waals surface area contributed by atoms with Crippen molar-refractivity contribution in [2.75, 3.05) is 27.2 Å². The van der Waals surface area contributed by atoms with Crippen molar-refractivity contribution in [2.45, 2.75) is 52.6 Å². The summed E-state index contributed by atoms with van der Waals surface area (Å²) in [4.78, 5) is 52.6. The van der Waals surface area contributed by atoms with Crippen LogP contribution in [0.4, 0.5) is 0 Å². The molecule has 0 bridgehead atoms. The van der Waals surface area contributed by atoms with Crippen LogP contribution in [-0.4, -0.2) is 71.4 Å². The Morgan fingerprint density at radius 1 is 0.724 bits per heavy atom. The molecule has 0 unspecified atom stereocenters. The molecule has 0 radical (unpaired) electrons. The maximum atomic E-state index is 12.5. The number of nitrogens with zero attached hydrogens (tertiary/aromatic N) is 2. The number of nitrogens with one attached hydrogen (secondary N) is 2. The molecule has 0 aromatic heterocycles. The number of hydrogen-bond acceptors (Lipinski definition) is 6. The first-order chi connectivity index (χ1) is 12.8. The van der Waals surface area contributed by atoms with E-state index in [1.165, 1.54) is 9.80 Å². The van der Waals surface area contributed by atoms with Crippen molar-refractivity contribution in [3.8, 4) is 0 Å². The van der Waals surface area contributed by atoms with Gasteiger partial charge in [0.1, 0.15) is 22.2 Å². The van der Waals surface area contributed by atoms with Gasteiger partial charge in [0, 0.05) is 59.6 Å². The second kappa shape index (κ2) is 8.42. The summed E-state index contributed by atoms with van der Waals surface area (Å²) in [5.74, 6) is -0.996. The number of allylic oxidation sites excluding steroid dienone is 2. The van der Waals surface area contributed by atoms with E-state index in [9.17, 15) is 19.2 Å². The normalized spacial score (nSPS) is 24.0. The molecule has 0 aromatic rings. The Kier molecular flexibility index (Phi) is 7.29. The van der Waals surface area contributed by atoms with E-state index in [1.807, 2.05) is 0 Å². The summed E-state index contributed by atoms with van der Waals surface area (Å²) in [6, 6.07) is 0. The third kappa shape index (κ3) is 4.04. The van der Waals surface area contributed by atoms with Crippen molar-refractivity contribution in [1.82, 2.24) is 20.4 Å². The summed E-state index contributed by atoms with van der Waals surface area (Å²) in [5, 5.41) is 6.17. The van der Waals surface area contributed by atoms with Gasteiger partial charge in [0.25, 0.3) is 11.8 Å². The smallest absolute Gasteiger partial charge is 0.259 e. The zero-order valence-corrected chi connectivity index (χ0v) is 20.5. The average Bonchev–Trinajstić information content (AvgIpc) is 2.86. The molecule has 0 aliphatic carbocycles. The summed E-state index contributed by atoms with van der Waals surface area (Å²) in [7, 11) is 3.23. The fraction of sp³-hybridized carbons (Fsp3) is 0.600. The first-order valence-electron chi connectivity index (χ1n) is 9.31. The Bertz CT molecular complexity index is 758. The molecule has 2 fully saturated rings. The standard InChI is InChI=1S/C20H30N4O4.Pt/c1-11(13-15(25)19(3,4)23(7)17(13)27)21-9-10-22-12(2)14-16(26)20(5,6)24(8)18(14)28;/h21-22H,9-10H2,1-8H3;/b13-11-,14-12-;. The Hall–Kier alpha value is -1.95. The van der Waals surface area contributed by atoms with Crippen LogP contribution in [0.5, 0.6) is 0 Å². The number of ketones is 2. The number of rotatable bonds is 5. The number of likely N-dealkylation sites (tertiary alicyclic amines) is 2. The Balaban J connectivity index is 0.00000420. The van der Waals surface area contributed by atoms with E-state index in [-0.39, 0.29) is 55.6 Å². The van der Waals surface area contributed by atoms with Gasteiger partial charge in [0.05, 0.1) is 0 Å². The molecule has 2 saturated heterocycles. The van der Waals surface area contributed by atoms with E-state index in [0.717, 1.165) is 0 Å². The van der Waals surface area contributed by atoms with Crippen LogP contribution in [0, 0.1) is 0 Å². The third-order valence-corrected chi connectivity index (χ3v) is 5.93. The number of carbonyl (C=O) groups is 4. The molecule has 2 rings (SSSR count). The molecule has 2 heterocycles. The molecule has 0 aromatic carbocycles. The quantitative estimate of drug-likeness (QED) is 0.275. The first-order valence-corrected chi connectivity index (χ1v) is 9.31. The monoisotopic (exact) mass is 585 g/mol. The van der Waals surface area contributed by atoms with Gasteiger partial charge in [-0.3, -0.25) is 19.2 Å². The van der Waals surface area contributed by atoms with Gasteiger partial charge in [-0.15, -0.1) is 0 Å². The predicted octanol–water partition coefficient (Wildman–Crippen LogP) is 0.351. The first kappa shape index (κ1) is 25.1. The van der Waals surface area contributed by atoms with Gasteiger partial charge in [0.15, 0.2) is 11.6 Å². The number of Topliss-reactive ketones (excluding diaryl/α,β-unsaturated/α-hetero) is 2. The van der Waals surface area contributed by atoms with E-state index >= 15 is 0 Å². The molecular weight excluding hydrogens is 555 g/mol. The van der Waals surface area contributed by atoms with Crippen molar-refractivity contribution in [3.63, 3.8) is 0 Å². The number of likely N-dealkylation sites (N-methyl/N-ethyl adjacent to an activating group) is 2. The largest absolute Gasteiger partial charge is 0.386 e. The molecule has 2 aliphatic heterocycles.